The normalized spacial score (nSPS) is 19.4. The zero-order valence-corrected chi connectivity index (χ0v) is 11.7. The van der Waals surface area contributed by atoms with E-state index in [9.17, 15) is 13.6 Å². The van der Waals surface area contributed by atoms with Crippen LogP contribution < -0.4 is 5.32 Å². The van der Waals surface area contributed by atoms with Crippen LogP contribution in [-0.2, 0) is 11.2 Å². The van der Waals surface area contributed by atoms with E-state index >= 15 is 0 Å². The van der Waals surface area contributed by atoms with Gasteiger partial charge in [-0.25, -0.2) is 8.78 Å². The number of nitrogens with one attached hydrogen (secondary N) is 1. The van der Waals surface area contributed by atoms with E-state index < -0.39 is 11.6 Å². The molecule has 110 valence electrons. The summed E-state index contributed by atoms with van der Waals surface area (Å²) in [6.07, 6.45) is 2.29. The predicted molar refractivity (Wildman–Crippen MR) is 73.3 cm³/mol. The Labute approximate surface area is 118 Å². The van der Waals surface area contributed by atoms with Crippen LogP contribution in [0.2, 0.25) is 0 Å². The Morgan fingerprint density at radius 3 is 2.65 bits per heavy atom. The quantitative estimate of drug-likeness (QED) is 0.897. The van der Waals surface area contributed by atoms with E-state index in [2.05, 4.69) is 5.32 Å². The van der Waals surface area contributed by atoms with Gasteiger partial charge in [0, 0.05) is 19.2 Å². The minimum absolute atomic E-state index is 0.0926. The maximum atomic E-state index is 13.1. The van der Waals surface area contributed by atoms with Crippen molar-refractivity contribution in [1.82, 2.24) is 10.2 Å². The largest absolute Gasteiger partial charge is 0.341 e. The molecule has 1 aliphatic rings. The molecule has 0 aromatic heterocycles. The average Bonchev–Trinajstić information content (AvgIpc) is 2.39. The number of carbonyl (C=O) groups is 1. The Bertz CT molecular complexity index is 457. The second kappa shape index (κ2) is 6.79. The molecular weight excluding hydrogens is 262 g/mol. The van der Waals surface area contributed by atoms with Gasteiger partial charge in [0.2, 0.25) is 5.91 Å². The molecule has 1 amide bonds. The van der Waals surface area contributed by atoms with Gasteiger partial charge in [-0.1, -0.05) is 6.92 Å². The number of likely N-dealkylation sites (N-methyl/N-ethyl adjacent to an activating group) is 1. The van der Waals surface area contributed by atoms with Gasteiger partial charge in [0.25, 0.3) is 0 Å². The Kier molecular flexibility index (Phi) is 5.06. The van der Waals surface area contributed by atoms with Crippen molar-refractivity contribution in [3.63, 3.8) is 0 Å². The number of rotatable bonds is 5. The van der Waals surface area contributed by atoms with Crippen molar-refractivity contribution in [2.45, 2.75) is 32.2 Å². The van der Waals surface area contributed by atoms with Gasteiger partial charge in [0.05, 0.1) is 6.04 Å². The third kappa shape index (κ3) is 3.76. The molecule has 0 aliphatic carbocycles. The molecule has 1 atom stereocenters. The number of piperidine rings is 1. The summed E-state index contributed by atoms with van der Waals surface area (Å²) in [5, 5.41) is 3.17. The van der Waals surface area contributed by atoms with E-state index in [1.54, 1.807) is 4.90 Å². The van der Waals surface area contributed by atoms with Gasteiger partial charge in [-0.15, -0.1) is 0 Å². The summed E-state index contributed by atoms with van der Waals surface area (Å²) in [6, 6.07) is 3.38. The maximum Gasteiger partial charge on any atom is 0.239 e. The Balaban J connectivity index is 1.94. The van der Waals surface area contributed by atoms with Crippen LogP contribution in [0.15, 0.2) is 18.2 Å². The van der Waals surface area contributed by atoms with Gasteiger partial charge >= 0.3 is 0 Å². The summed E-state index contributed by atoms with van der Waals surface area (Å²) in [4.78, 5) is 14.0. The van der Waals surface area contributed by atoms with Crippen molar-refractivity contribution in [3.8, 4) is 0 Å². The van der Waals surface area contributed by atoms with E-state index in [1.165, 1.54) is 12.1 Å². The number of halogens is 2. The van der Waals surface area contributed by atoms with Crippen LogP contribution in [0, 0.1) is 11.6 Å². The molecule has 1 aromatic carbocycles. The third-order valence-electron chi connectivity index (χ3n) is 3.57. The smallest absolute Gasteiger partial charge is 0.239 e. The van der Waals surface area contributed by atoms with Gasteiger partial charge in [0.1, 0.15) is 11.6 Å². The van der Waals surface area contributed by atoms with Crippen LogP contribution >= 0.6 is 0 Å². The van der Waals surface area contributed by atoms with Crippen molar-refractivity contribution < 1.29 is 13.6 Å². The molecule has 20 heavy (non-hydrogen) atoms. The summed E-state index contributed by atoms with van der Waals surface area (Å²) >= 11 is 0. The van der Waals surface area contributed by atoms with Crippen LogP contribution in [0.5, 0.6) is 0 Å². The molecule has 0 radical (unpaired) electrons. The molecule has 0 saturated carbocycles. The summed E-state index contributed by atoms with van der Waals surface area (Å²) in [5.74, 6) is -1.05. The molecule has 2 rings (SSSR count). The van der Waals surface area contributed by atoms with Gasteiger partial charge in [0.15, 0.2) is 0 Å². The van der Waals surface area contributed by atoms with Gasteiger partial charge in [-0.05, 0) is 43.5 Å². The highest BCUT2D eigenvalue weighted by atomic mass is 19.1. The topological polar surface area (TPSA) is 32.3 Å². The van der Waals surface area contributed by atoms with Crippen molar-refractivity contribution in [2.75, 3.05) is 19.6 Å². The lowest BCUT2D eigenvalue weighted by molar-refractivity contribution is -0.135. The standard InChI is InChI=1S/C15H20F2N2O/c1-2-18-14-4-3-6-19(15(14)20)7-5-11-8-12(16)10-13(17)9-11/h8-10,14,18H,2-7H2,1H3. The van der Waals surface area contributed by atoms with Crippen molar-refractivity contribution in [3.05, 3.63) is 35.4 Å². The van der Waals surface area contributed by atoms with E-state index in [0.29, 0.717) is 18.5 Å². The summed E-state index contributed by atoms with van der Waals surface area (Å²) in [7, 11) is 0. The minimum Gasteiger partial charge on any atom is -0.341 e. The fraction of sp³-hybridized carbons (Fsp3) is 0.533. The monoisotopic (exact) mass is 282 g/mol. The fourth-order valence-corrected chi connectivity index (χ4v) is 2.62. The van der Waals surface area contributed by atoms with Gasteiger partial charge in [-0.3, -0.25) is 4.79 Å². The number of amides is 1. The Hall–Kier alpha value is -1.49. The zero-order chi connectivity index (χ0) is 14.5. The second-order valence-corrected chi connectivity index (χ2v) is 5.11. The SMILES string of the molecule is CCNC1CCCN(CCc2cc(F)cc(F)c2)C1=O. The first-order chi connectivity index (χ1) is 9.60. The third-order valence-corrected chi connectivity index (χ3v) is 3.57. The lowest BCUT2D eigenvalue weighted by Crippen LogP contribution is -2.51. The summed E-state index contributed by atoms with van der Waals surface area (Å²) < 4.78 is 26.2. The van der Waals surface area contributed by atoms with E-state index in [1.807, 2.05) is 6.92 Å². The lowest BCUT2D eigenvalue weighted by Gasteiger charge is -2.32. The van der Waals surface area contributed by atoms with Crippen molar-refractivity contribution in [1.29, 1.82) is 0 Å². The van der Waals surface area contributed by atoms with Gasteiger partial charge in [-0.2, -0.15) is 0 Å². The number of nitrogens with zero attached hydrogens (tertiary/aromatic N) is 1. The van der Waals surface area contributed by atoms with E-state index in [0.717, 1.165) is 32.0 Å². The summed E-state index contributed by atoms with van der Waals surface area (Å²) in [6.45, 7) is 3.96. The number of hydrogen-bond donors (Lipinski definition) is 1. The molecule has 1 saturated heterocycles. The fourth-order valence-electron chi connectivity index (χ4n) is 2.62. The van der Waals surface area contributed by atoms with E-state index in [4.69, 9.17) is 0 Å². The Morgan fingerprint density at radius 2 is 2.00 bits per heavy atom. The van der Waals surface area contributed by atoms with E-state index in [-0.39, 0.29) is 11.9 Å². The predicted octanol–water partition coefficient (Wildman–Crippen LogP) is 2.11. The van der Waals surface area contributed by atoms with Crippen LogP contribution in [0.1, 0.15) is 25.3 Å². The van der Waals surface area contributed by atoms with Crippen molar-refractivity contribution in [2.24, 2.45) is 0 Å². The maximum absolute atomic E-state index is 13.1. The van der Waals surface area contributed by atoms with Gasteiger partial charge < -0.3 is 10.2 Å². The Morgan fingerprint density at radius 1 is 1.30 bits per heavy atom. The number of likely N-dealkylation sites (tertiary alicyclic amines) is 1. The molecule has 0 spiro atoms. The first kappa shape index (κ1) is 14.9. The highest BCUT2D eigenvalue weighted by Gasteiger charge is 2.27. The molecular formula is C15H20F2N2O. The molecule has 1 N–H and O–H groups in total. The first-order valence-corrected chi connectivity index (χ1v) is 7.07. The summed E-state index contributed by atoms with van der Waals surface area (Å²) in [5.41, 5.74) is 0.584. The molecule has 1 fully saturated rings. The van der Waals surface area contributed by atoms with Crippen LogP contribution in [-0.4, -0.2) is 36.5 Å². The molecule has 1 aliphatic heterocycles. The molecule has 3 nitrogen and oxygen atoms in total. The highest BCUT2D eigenvalue weighted by Crippen LogP contribution is 2.14. The minimum atomic E-state index is -0.574. The lowest BCUT2D eigenvalue weighted by atomic mass is 10.0. The first-order valence-electron chi connectivity index (χ1n) is 7.07. The number of benzene rings is 1. The molecule has 5 heteroatoms. The molecule has 0 bridgehead atoms. The molecule has 1 heterocycles. The van der Waals surface area contributed by atoms with Crippen molar-refractivity contribution >= 4 is 5.91 Å². The average molecular weight is 282 g/mol. The molecule has 1 unspecified atom stereocenters. The van der Waals surface area contributed by atoms with Crippen LogP contribution in [0.25, 0.3) is 0 Å². The zero-order valence-electron chi connectivity index (χ0n) is 11.7. The van der Waals surface area contributed by atoms with Crippen LogP contribution in [0.4, 0.5) is 8.78 Å². The highest BCUT2D eigenvalue weighted by molar-refractivity contribution is 5.82. The second-order valence-electron chi connectivity index (χ2n) is 5.11. The van der Waals surface area contributed by atoms with Crippen LogP contribution in [0.3, 0.4) is 0 Å². The molecule has 1 aromatic rings. The number of carbonyl (C=O) groups excluding carboxylic acids is 1. The number of hydrogen-bond acceptors (Lipinski definition) is 2.